The average molecular weight is 443 g/mol. The zero-order valence-corrected chi connectivity index (χ0v) is 18.2. The fourth-order valence-electron chi connectivity index (χ4n) is 3.76. The van der Waals surface area contributed by atoms with Gasteiger partial charge in [0, 0.05) is 12.7 Å². The smallest absolute Gasteiger partial charge is 0.355 e. The highest BCUT2D eigenvalue weighted by molar-refractivity contribution is 6.06. The summed E-state index contributed by atoms with van der Waals surface area (Å²) in [4.78, 5) is 27.3. The minimum Gasteiger partial charge on any atom is -0.466 e. The van der Waals surface area contributed by atoms with Gasteiger partial charge in [0.05, 0.1) is 48.6 Å². The predicted molar refractivity (Wildman–Crippen MR) is 120 cm³/mol. The summed E-state index contributed by atoms with van der Waals surface area (Å²) in [5, 5.41) is 22.5. The molecule has 9 heteroatoms. The van der Waals surface area contributed by atoms with Crippen LogP contribution in [0, 0.1) is 22.7 Å². The molecule has 2 aromatic rings. The van der Waals surface area contributed by atoms with Gasteiger partial charge in [-0.1, -0.05) is 30.3 Å². The maximum atomic E-state index is 13.0. The van der Waals surface area contributed by atoms with Crippen molar-refractivity contribution < 1.29 is 19.1 Å². The van der Waals surface area contributed by atoms with Crippen molar-refractivity contribution in [3.63, 3.8) is 0 Å². The van der Waals surface area contributed by atoms with E-state index in [0.717, 1.165) is 0 Å². The Labute approximate surface area is 190 Å². The van der Waals surface area contributed by atoms with Crippen LogP contribution in [0.15, 0.2) is 71.2 Å². The molecule has 1 aliphatic heterocycles. The number of methoxy groups -OCH3 is 2. The number of nitrogens with one attached hydrogen (secondary N) is 1. The number of nitriles is 2. The molecule has 1 unspecified atom stereocenters. The van der Waals surface area contributed by atoms with E-state index in [9.17, 15) is 20.1 Å². The van der Waals surface area contributed by atoms with Gasteiger partial charge in [0.15, 0.2) is 0 Å². The first-order valence-corrected chi connectivity index (χ1v) is 9.80. The van der Waals surface area contributed by atoms with Crippen LogP contribution in [-0.2, 0) is 19.1 Å². The lowest BCUT2D eigenvalue weighted by atomic mass is 9.81. The van der Waals surface area contributed by atoms with Crippen molar-refractivity contribution in [2.24, 2.45) is 5.73 Å². The van der Waals surface area contributed by atoms with Crippen LogP contribution in [-0.4, -0.2) is 33.2 Å². The number of ether oxygens (including phenoxy) is 2. The van der Waals surface area contributed by atoms with Crippen LogP contribution in [0.25, 0.3) is 0 Å². The molecule has 1 aliphatic rings. The third-order valence-corrected chi connectivity index (χ3v) is 5.26. The average Bonchev–Trinajstić information content (AvgIpc) is 2.86. The molecule has 0 aromatic heterocycles. The number of benzene rings is 2. The van der Waals surface area contributed by atoms with E-state index in [1.807, 2.05) is 0 Å². The molecule has 0 fully saturated rings. The summed E-state index contributed by atoms with van der Waals surface area (Å²) in [5.41, 5.74) is 7.88. The van der Waals surface area contributed by atoms with E-state index in [1.54, 1.807) is 49.5 Å². The molecule has 1 atom stereocenters. The quantitative estimate of drug-likeness (QED) is 0.667. The van der Waals surface area contributed by atoms with E-state index in [-0.39, 0.29) is 28.2 Å². The summed E-state index contributed by atoms with van der Waals surface area (Å²) in [6.07, 6.45) is 0. The molecule has 2 aromatic carbocycles. The van der Waals surface area contributed by atoms with Crippen molar-refractivity contribution in [1.29, 1.82) is 10.5 Å². The summed E-state index contributed by atoms with van der Waals surface area (Å²) in [7, 11) is 4.02. The van der Waals surface area contributed by atoms with Gasteiger partial charge in [0.2, 0.25) is 0 Å². The summed E-state index contributed by atoms with van der Waals surface area (Å²) in [6, 6.07) is 17.6. The molecule has 3 rings (SSSR count). The molecule has 33 heavy (non-hydrogen) atoms. The highest BCUT2D eigenvalue weighted by Gasteiger charge is 2.43. The van der Waals surface area contributed by atoms with E-state index < -0.39 is 17.9 Å². The maximum absolute atomic E-state index is 13.0. The number of allylic oxidation sites excluding steroid dienone is 1. The van der Waals surface area contributed by atoms with Crippen LogP contribution in [0.5, 0.6) is 0 Å². The summed E-state index contributed by atoms with van der Waals surface area (Å²) in [6.45, 7) is 0. The van der Waals surface area contributed by atoms with E-state index in [4.69, 9.17) is 15.2 Å². The number of carbonyl (C=O) groups is 2. The molecule has 0 saturated carbocycles. The predicted octanol–water partition coefficient (Wildman–Crippen LogP) is 2.50. The standard InChI is InChI=1S/C24H21N5O4/c1-28-18-10-9-16(11-15(18)12-25)29-21(24(31)33-3)20(23(30)32-2)19(17(13-26)22(29)27)14-7-5-4-6-8-14/h4-11,19,28H,27H2,1-3H3. The Hall–Kier alpha value is -4.76. The lowest BCUT2D eigenvalue weighted by molar-refractivity contribution is -0.139. The Balaban J connectivity index is 2.42. The summed E-state index contributed by atoms with van der Waals surface area (Å²) >= 11 is 0. The number of nitrogens with two attached hydrogens (primary N) is 1. The van der Waals surface area contributed by atoms with Gasteiger partial charge in [-0.25, -0.2) is 9.59 Å². The van der Waals surface area contributed by atoms with Crippen LogP contribution < -0.4 is 16.0 Å². The SMILES string of the molecule is CNc1ccc(N2C(N)=C(C#N)C(c3ccccc3)C(C(=O)OC)=C2C(=O)OC)cc1C#N. The van der Waals surface area contributed by atoms with Crippen LogP contribution in [0.2, 0.25) is 0 Å². The van der Waals surface area contributed by atoms with Crippen LogP contribution in [0.3, 0.4) is 0 Å². The molecule has 0 radical (unpaired) electrons. The Morgan fingerprint density at radius 2 is 1.70 bits per heavy atom. The van der Waals surface area contributed by atoms with Gasteiger partial charge in [-0.05, 0) is 23.8 Å². The van der Waals surface area contributed by atoms with E-state index in [2.05, 4.69) is 17.5 Å². The van der Waals surface area contributed by atoms with Gasteiger partial charge in [0.1, 0.15) is 17.6 Å². The molecule has 166 valence electrons. The van der Waals surface area contributed by atoms with Crippen molar-refractivity contribution >= 4 is 23.3 Å². The minimum atomic E-state index is -0.957. The number of nitrogens with zero attached hydrogens (tertiary/aromatic N) is 3. The van der Waals surface area contributed by atoms with E-state index >= 15 is 0 Å². The molecule has 9 nitrogen and oxygen atoms in total. The zero-order valence-electron chi connectivity index (χ0n) is 18.2. The van der Waals surface area contributed by atoms with Crippen molar-refractivity contribution in [2.45, 2.75) is 5.92 Å². The lowest BCUT2D eigenvalue weighted by Gasteiger charge is -2.36. The lowest BCUT2D eigenvalue weighted by Crippen LogP contribution is -2.40. The maximum Gasteiger partial charge on any atom is 0.355 e. The number of hydrogen-bond acceptors (Lipinski definition) is 9. The summed E-state index contributed by atoms with van der Waals surface area (Å²) < 4.78 is 9.98. The Kier molecular flexibility index (Phi) is 6.65. The van der Waals surface area contributed by atoms with Gasteiger partial charge in [-0.15, -0.1) is 0 Å². The second-order valence-electron chi connectivity index (χ2n) is 6.93. The number of rotatable bonds is 5. The van der Waals surface area contributed by atoms with E-state index in [0.29, 0.717) is 16.9 Å². The summed E-state index contributed by atoms with van der Waals surface area (Å²) in [5.74, 6) is -2.70. The first kappa shape index (κ1) is 22.9. The van der Waals surface area contributed by atoms with Gasteiger partial charge in [0.25, 0.3) is 0 Å². The first-order chi connectivity index (χ1) is 15.9. The normalized spacial score (nSPS) is 15.4. The number of carbonyl (C=O) groups excluding carboxylic acids is 2. The highest BCUT2D eigenvalue weighted by atomic mass is 16.5. The Morgan fingerprint density at radius 1 is 1.03 bits per heavy atom. The molecule has 0 spiro atoms. The third-order valence-electron chi connectivity index (χ3n) is 5.26. The van der Waals surface area contributed by atoms with Gasteiger partial charge < -0.3 is 20.5 Å². The number of anilines is 2. The second kappa shape index (κ2) is 9.58. The monoisotopic (exact) mass is 443 g/mol. The molecular formula is C24H21N5O4. The second-order valence-corrected chi connectivity index (χ2v) is 6.93. The molecule has 0 bridgehead atoms. The Bertz CT molecular complexity index is 1250. The zero-order chi connectivity index (χ0) is 24.1. The van der Waals surface area contributed by atoms with Crippen molar-refractivity contribution in [2.75, 3.05) is 31.5 Å². The highest BCUT2D eigenvalue weighted by Crippen LogP contribution is 2.43. The van der Waals surface area contributed by atoms with Crippen molar-refractivity contribution in [1.82, 2.24) is 0 Å². The fraction of sp³-hybridized carbons (Fsp3) is 0.167. The van der Waals surface area contributed by atoms with Crippen LogP contribution in [0.4, 0.5) is 11.4 Å². The molecular weight excluding hydrogens is 422 g/mol. The van der Waals surface area contributed by atoms with Crippen LogP contribution in [0.1, 0.15) is 17.0 Å². The molecule has 1 heterocycles. The topological polar surface area (TPSA) is 141 Å². The van der Waals surface area contributed by atoms with Crippen LogP contribution >= 0.6 is 0 Å². The number of esters is 2. The molecule has 0 aliphatic carbocycles. The Morgan fingerprint density at radius 3 is 2.24 bits per heavy atom. The van der Waals surface area contributed by atoms with Crippen molar-refractivity contribution in [3.8, 4) is 12.1 Å². The van der Waals surface area contributed by atoms with Gasteiger partial charge in [-0.3, -0.25) is 4.90 Å². The minimum absolute atomic E-state index is 0.0467. The fourth-order valence-corrected chi connectivity index (χ4v) is 3.76. The molecule has 0 saturated heterocycles. The van der Waals surface area contributed by atoms with Crippen molar-refractivity contribution in [3.05, 3.63) is 82.3 Å². The molecule has 3 N–H and O–H groups in total. The number of hydrogen-bond donors (Lipinski definition) is 2. The third kappa shape index (κ3) is 3.95. The first-order valence-electron chi connectivity index (χ1n) is 9.80. The van der Waals surface area contributed by atoms with Gasteiger partial charge >= 0.3 is 11.9 Å². The van der Waals surface area contributed by atoms with E-state index in [1.165, 1.54) is 25.2 Å². The van der Waals surface area contributed by atoms with Gasteiger partial charge in [-0.2, -0.15) is 10.5 Å². The largest absolute Gasteiger partial charge is 0.466 e. The molecule has 0 amide bonds.